The molecule has 0 saturated carbocycles. The number of carbonyl (C=O) groups is 2. The number of halogens is 3. The molecule has 3 aromatic carbocycles. The number of phenols is 1. The van der Waals surface area contributed by atoms with Crippen LogP contribution in [0.1, 0.15) is 26.4 Å². The topological polar surface area (TPSA) is 72.8 Å². The Bertz CT molecular complexity index is 1440. The zero-order valence-corrected chi connectivity index (χ0v) is 18.3. The summed E-state index contributed by atoms with van der Waals surface area (Å²) in [6.45, 7) is 1.72. The molecule has 0 radical (unpaired) electrons. The predicted molar refractivity (Wildman–Crippen MR) is 121 cm³/mol. The zero-order valence-electron chi connectivity index (χ0n) is 17.5. The van der Waals surface area contributed by atoms with E-state index in [0.717, 1.165) is 35.8 Å². The third kappa shape index (κ3) is 4.51. The number of aryl methyl sites for hydroxylation is 1. The first kappa shape index (κ1) is 23.1. The summed E-state index contributed by atoms with van der Waals surface area (Å²) in [4.78, 5) is 23.6. The SMILES string of the molecule is Cc1cc(F)ccc1C(=O)c1sc2cc(O)ccc2c1Oc1c(F)cc(/C=C/OC=O)cc1F. The summed E-state index contributed by atoms with van der Waals surface area (Å²) in [6, 6.07) is 9.81. The van der Waals surface area contributed by atoms with Crippen LogP contribution in [0.2, 0.25) is 0 Å². The molecule has 0 amide bonds. The quantitative estimate of drug-likeness (QED) is 0.184. The van der Waals surface area contributed by atoms with Gasteiger partial charge >= 0.3 is 0 Å². The third-order valence-electron chi connectivity index (χ3n) is 4.89. The van der Waals surface area contributed by atoms with Crippen molar-refractivity contribution in [1.29, 1.82) is 0 Å². The van der Waals surface area contributed by atoms with Crippen LogP contribution in [-0.2, 0) is 9.53 Å². The third-order valence-corrected chi connectivity index (χ3v) is 6.02. The maximum atomic E-state index is 14.8. The van der Waals surface area contributed by atoms with E-state index in [1.165, 1.54) is 36.4 Å². The van der Waals surface area contributed by atoms with Crippen LogP contribution in [0.15, 0.2) is 54.8 Å². The number of carbonyl (C=O) groups excluding carboxylic acids is 2. The van der Waals surface area contributed by atoms with Crippen LogP contribution < -0.4 is 4.74 Å². The van der Waals surface area contributed by atoms with E-state index in [9.17, 15) is 27.9 Å². The molecule has 0 unspecified atom stereocenters. The van der Waals surface area contributed by atoms with Crippen LogP contribution in [0.5, 0.6) is 17.2 Å². The van der Waals surface area contributed by atoms with Gasteiger partial charge in [-0.1, -0.05) is 0 Å². The first-order valence-corrected chi connectivity index (χ1v) is 10.6. The van der Waals surface area contributed by atoms with E-state index >= 15 is 0 Å². The van der Waals surface area contributed by atoms with Gasteiger partial charge in [-0.25, -0.2) is 13.2 Å². The average molecular weight is 484 g/mol. The van der Waals surface area contributed by atoms with Gasteiger partial charge in [0.1, 0.15) is 16.4 Å². The van der Waals surface area contributed by atoms with E-state index < -0.39 is 29.0 Å². The van der Waals surface area contributed by atoms with Crippen molar-refractivity contribution in [2.45, 2.75) is 6.92 Å². The highest BCUT2D eigenvalue weighted by Gasteiger charge is 2.25. The van der Waals surface area contributed by atoms with Crippen LogP contribution in [0.3, 0.4) is 0 Å². The fourth-order valence-corrected chi connectivity index (χ4v) is 4.46. The van der Waals surface area contributed by atoms with Crippen LogP contribution in [0.25, 0.3) is 16.2 Å². The normalized spacial score (nSPS) is 11.2. The van der Waals surface area contributed by atoms with Crippen LogP contribution >= 0.6 is 11.3 Å². The lowest BCUT2D eigenvalue weighted by Crippen LogP contribution is -2.04. The maximum Gasteiger partial charge on any atom is 0.297 e. The minimum atomic E-state index is -1.06. The van der Waals surface area contributed by atoms with Gasteiger partial charge in [-0.05, 0) is 72.7 Å². The van der Waals surface area contributed by atoms with Crippen molar-refractivity contribution in [3.8, 4) is 17.2 Å². The molecular weight excluding hydrogens is 469 g/mol. The van der Waals surface area contributed by atoms with Gasteiger partial charge in [0.2, 0.25) is 5.78 Å². The number of ketones is 1. The zero-order chi connectivity index (χ0) is 24.4. The molecule has 4 rings (SSSR count). The lowest BCUT2D eigenvalue weighted by Gasteiger charge is -2.11. The van der Waals surface area contributed by atoms with Gasteiger partial charge in [0.05, 0.1) is 6.26 Å². The van der Waals surface area contributed by atoms with Gasteiger partial charge in [0.15, 0.2) is 23.1 Å². The fraction of sp³-hybridized carbons (Fsp3) is 0.0400. The van der Waals surface area contributed by atoms with Crippen molar-refractivity contribution < 1.29 is 37.3 Å². The molecule has 0 atom stereocenters. The van der Waals surface area contributed by atoms with E-state index in [4.69, 9.17) is 4.74 Å². The summed E-state index contributed by atoms with van der Waals surface area (Å²) >= 11 is 0.968. The standard InChI is InChI=1S/C25H15F3O5S/c1-13-8-15(26)2-4-17(13)22(31)25-23(18-5-3-16(30)11-21(18)34-25)33-24-19(27)9-14(10-20(24)28)6-7-32-12-29/h2-12,30H,1H3/b7-6+. The summed E-state index contributed by atoms with van der Waals surface area (Å²) in [5.74, 6) is -4.06. The van der Waals surface area contributed by atoms with Gasteiger partial charge in [0, 0.05) is 15.6 Å². The molecule has 1 aromatic heterocycles. The van der Waals surface area contributed by atoms with E-state index in [2.05, 4.69) is 4.74 Å². The molecule has 0 aliphatic rings. The molecule has 172 valence electrons. The molecule has 0 fully saturated rings. The molecule has 4 aromatic rings. The van der Waals surface area contributed by atoms with Gasteiger partial charge in [0.25, 0.3) is 6.47 Å². The van der Waals surface area contributed by atoms with Crippen molar-refractivity contribution in [3.63, 3.8) is 0 Å². The summed E-state index contributed by atoms with van der Waals surface area (Å²) in [7, 11) is 0. The lowest BCUT2D eigenvalue weighted by atomic mass is 10.0. The number of benzene rings is 3. The second-order valence-electron chi connectivity index (χ2n) is 7.18. The van der Waals surface area contributed by atoms with Crippen molar-refractivity contribution in [2.75, 3.05) is 0 Å². The highest BCUT2D eigenvalue weighted by Crippen LogP contribution is 2.44. The second kappa shape index (κ2) is 9.40. The number of hydrogen-bond acceptors (Lipinski definition) is 6. The Morgan fingerprint density at radius 2 is 1.74 bits per heavy atom. The monoisotopic (exact) mass is 484 g/mol. The number of hydrogen-bond donors (Lipinski definition) is 1. The van der Waals surface area contributed by atoms with Crippen molar-refractivity contribution in [1.82, 2.24) is 0 Å². The molecule has 0 saturated heterocycles. The number of thiophene rings is 1. The first-order chi connectivity index (χ1) is 16.3. The molecule has 1 N–H and O–H groups in total. The number of aromatic hydroxyl groups is 1. The molecule has 5 nitrogen and oxygen atoms in total. The Morgan fingerprint density at radius 3 is 2.41 bits per heavy atom. The maximum absolute atomic E-state index is 14.8. The van der Waals surface area contributed by atoms with Crippen molar-refractivity contribution in [2.24, 2.45) is 0 Å². The van der Waals surface area contributed by atoms with E-state index in [1.807, 2.05) is 0 Å². The number of ether oxygens (including phenoxy) is 2. The minimum absolute atomic E-state index is 0.0254. The van der Waals surface area contributed by atoms with Gasteiger partial charge in [-0.3, -0.25) is 9.59 Å². The van der Waals surface area contributed by atoms with Gasteiger partial charge < -0.3 is 14.6 Å². The Kier molecular flexibility index (Phi) is 6.38. The van der Waals surface area contributed by atoms with Crippen molar-refractivity contribution in [3.05, 3.63) is 93.8 Å². The largest absolute Gasteiger partial charge is 0.508 e. The average Bonchev–Trinajstić information content (AvgIpc) is 3.13. The predicted octanol–water partition coefficient (Wildman–Crippen LogP) is 6.50. The smallest absolute Gasteiger partial charge is 0.297 e. The Hall–Kier alpha value is -4.11. The van der Waals surface area contributed by atoms with E-state index in [0.29, 0.717) is 15.6 Å². The minimum Gasteiger partial charge on any atom is -0.508 e. The highest BCUT2D eigenvalue weighted by molar-refractivity contribution is 7.21. The Morgan fingerprint density at radius 1 is 1.00 bits per heavy atom. The van der Waals surface area contributed by atoms with Crippen LogP contribution in [0, 0.1) is 24.4 Å². The lowest BCUT2D eigenvalue weighted by molar-refractivity contribution is -0.123. The molecule has 0 spiro atoms. The van der Waals surface area contributed by atoms with Crippen LogP contribution in [-0.4, -0.2) is 17.4 Å². The fourth-order valence-electron chi connectivity index (χ4n) is 3.34. The number of phenolic OH excluding ortho intramolecular Hbond substituents is 1. The summed E-state index contributed by atoms with van der Waals surface area (Å²) in [5, 5.41) is 10.2. The van der Waals surface area contributed by atoms with E-state index in [1.54, 1.807) is 6.92 Å². The molecule has 9 heteroatoms. The second-order valence-corrected chi connectivity index (χ2v) is 8.23. The molecule has 0 aliphatic carbocycles. The summed E-state index contributed by atoms with van der Waals surface area (Å²) in [5.41, 5.74) is 0.642. The summed E-state index contributed by atoms with van der Waals surface area (Å²) in [6.07, 6.45) is 2.14. The van der Waals surface area contributed by atoms with Crippen molar-refractivity contribution >= 4 is 39.8 Å². The molecule has 0 aliphatic heterocycles. The first-order valence-electron chi connectivity index (χ1n) is 9.77. The molecule has 1 heterocycles. The molecule has 0 bridgehead atoms. The highest BCUT2D eigenvalue weighted by atomic mass is 32.1. The molecular formula is C25H15F3O5S. The molecule has 34 heavy (non-hydrogen) atoms. The van der Waals surface area contributed by atoms with Gasteiger partial charge in [-0.15, -0.1) is 11.3 Å². The number of rotatable bonds is 7. The van der Waals surface area contributed by atoms with Crippen LogP contribution in [0.4, 0.5) is 13.2 Å². The van der Waals surface area contributed by atoms with E-state index in [-0.39, 0.29) is 34.0 Å². The van der Waals surface area contributed by atoms with Gasteiger partial charge in [-0.2, -0.15) is 0 Å². The Labute approximate surface area is 195 Å². The Balaban J connectivity index is 1.82. The number of fused-ring (bicyclic) bond motifs is 1. The summed E-state index contributed by atoms with van der Waals surface area (Å²) < 4.78 is 53.5.